The zero-order valence-electron chi connectivity index (χ0n) is 19.9. The molecule has 5 aliphatic rings. The molecular weight excluding hydrogens is 494 g/mol. The Bertz CT molecular complexity index is 993. The fraction of sp³-hybridized carbons (Fsp3) is 0.720. The fourth-order valence-electron chi connectivity index (χ4n) is 6.63. The molecule has 5 fully saturated rings. The van der Waals surface area contributed by atoms with E-state index in [-0.39, 0.29) is 48.6 Å². The van der Waals surface area contributed by atoms with Gasteiger partial charge in [0.25, 0.3) is 0 Å². The molecule has 1 aliphatic carbocycles. The zero-order valence-corrected chi connectivity index (χ0v) is 19.9. The second kappa shape index (κ2) is 8.59. The third-order valence-electron chi connectivity index (χ3n) is 8.42. The molecule has 4 aliphatic heterocycles. The number of esters is 1. The lowest BCUT2D eigenvalue weighted by molar-refractivity contribution is -0.559. The van der Waals surface area contributed by atoms with Crippen molar-refractivity contribution in [3.8, 4) is 0 Å². The molecule has 2 bridgehead atoms. The van der Waals surface area contributed by atoms with Gasteiger partial charge in [-0.25, -0.2) is 9.78 Å². The van der Waals surface area contributed by atoms with Crippen LogP contribution < -0.4 is 0 Å². The van der Waals surface area contributed by atoms with E-state index in [1.807, 2.05) is 0 Å². The minimum absolute atomic E-state index is 0.0268. The maximum Gasteiger partial charge on any atom is 0.416 e. The van der Waals surface area contributed by atoms with Crippen molar-refractivity contribution in [2.75, 3.05) is 0 Å². The molecule has 4 heterocycles. The van der Waals surface area contributed by atoms with E-state index in [1.165, 1.54) is 0 Å². The second-order valence-corrected chi connectivity index (χ2v) is 10.8. The Kier molecular flexibility index (Phi) is 6.15. The molecule has 11 heteroatoms. The molecule has 0 radical (unpaired) electrons. The van der Waals surface area contributed by atoms with Crippen LogP contribution in [0.5, 0.6) is 0 Å². The third kappa shape index (κ3) is 4.30. The van der Waals surface area contributed by atoms with E-state index >= 15 is 0 Å². The van der Waals surface area contributed by atoms with Crippen LogP contribution in [0.2, 0.25) is 0 Å². The minimum atomic E-state index is -4.91. The van der Waals surface area contributed by atoms with Gasteiger partial charge in [-0.2, -0.15) is 26.3 Å². The van der Waals surface area contributed by atoms with Crippen molar-refractivity contribution in [2.24, 2.45) is 23.7 Å². The van der Waals surface area contributed by atoms with Gasteiger partial charge in [0, 0.05) is 18.3 Å². The van der Waals surface area contributed by atoms with Gasteiger partial charge in [0.05, 0.1) is 17.0 Å². The fourth-order valence-corrected chi connectivity index (χ4v) is 6.63. The third-order valence-corrected chi connectivity index (χ3v) is 8.42. The Labute approximate surface area is 204 Å². The van der Waals surface area contributed by atoms with Crippen molar-refractivity contribution in [2.45, 2.75) is 88.8 Å². The van der Waals surface area contributed by atoms with Crippen molar-refractivity contribution in [1.29, 1.82) is 0 Å². The number of carbonyl (C=O) groups excluding carboxylic acids is 1. The summed E-state index contributed by atoms with van der Waals surface area (Å²) in [7, 11) is 0. The molecule has 36 heavy (non-hydrogen) atoms. The van der Waals surface area contributed by atoms with Crippen LogP contribution in [0, 0.1) is 23.7 Å². The summed E-state index contributed by atoms with van der Waals surface area (Å²) in [5.74, 6) is -2.12. The minimum Gasteiger partial charge on any atom is -0.432 e. The lowest BCUT2D eigenvalue weighted by Crippen LogP contribution is -2.70. The molecule has 1 aromatic carbocycles. The van der Waals surface area contributed by atoms with Gasteiger partial charge < -0.3 is 9.47 Å². The van der Waals surface area contributed by atoms with Crippen molar-refractivity contribution < 1.29 is 50.4 Å². The summed E-state index contributed by atoms with van der Waals surface area (Å²) in [6.07, 6.45) is -7.49. The highest BCUT2D eigenvalue weighted by Crippen LogP contribution is 2.60. The van der Waals surface area contributed by atoms with Crippen LogP contribution in [0.4, 0.5) is 26.3 Å². The number of benzene rings is 1. The summed E-state index contributed by atoms with van der Waals surface area (Å²) in [6, 6.07) is 1.59. The van der Waals surface area contributed by atoms with Gasteiger partial charge in [-0.15, -0.1) is 0 Å². The Morgan fingerprint density at radius 1 is 0.944 bits per heavy atom. The first kappa shape index (κ1) is 25.8. The normalized spacial score (nSPS) is 38.3. The highest BCUT2D eigenvalue weighted by atomic mass is 19.4. The summed E-state index contributed by atoms with van der Waals surface area (Å²) < 4.78 is 91.0. The molecule has 1 saturated carbocycles. The van der Waals surface area contributed by atoms with E-state index in [0.717, 1.165) is 25.0 Å². The summed E-state index contributed by atoms with van der Waals surface area (Å²) in [6.45, 7) is 3.86. The average Bonchev–Trinajstić information content (AvgIpc) is 3.01. The van der Waals surface area contributed by atoms with Gasteiger partial charge in [-0.1, -0.05) is 6.92 Å². The predicted octanol–water partition coefficient (Wildman–Crippen LogP) is 6.44. The van der Waals surface area contributed by atoms with Gasteiger partial charge in [-0.3, -0.25) is 4.79 Å². The van der Waals surface area contributed by atoms with Crippen molar-refractivity contribution in [3.05, 3.63) is 34.9 Å². The first-order valence-corrected chi connectivity index (χ1v) is 12.3. The number of hydrogen-bond acceptors (Lipinski definition) is 5. The number of hydrogen-bond donors (Lipinski definition) is 0. The number of alkyl halides is 6. The lowest BCUT2D eigenvalue weighted by Gasteiger charge is -2.58. The van der Waals surface area contributed by atoms with E-state index in [2.05, 4.69) is 6.92 Å². The van der Waals surface area contributed by atoms with Crippen LogP contribution in [0.15, 0.2) is 18.2 Å². The van der Waals surface area contributed by atoms with Gasteiger partial charge in [0.15, 0.2) is 5.60 Å². The highest BCUT2D eigenvalue weighted by molar-refractivity contribution is 5.74. The molecule has 0 N–H and O–H groups in total. The molecule has 0 amide bonds. The highest BCUT2D eigenvalue weighted by Gasteiger charge is 2.70. The Balaban J connectivity index is 1.37. The number of aryl methyl sites for hydroxylation is 1. The molecule has 4 saturated heterocycles. The Hall–Kier alpha value is -1.85. The van der Waals surface area contributed by atoms with E-state index in [1.54, 1.807) is 6.92 Å². The lowest BCUT2D eigenvalue weighted by atomic mass is 9.57. The van der Waals surface area contributed by atoms with Crippen LogP contribution in [0.25, 0.3) is 0 Å². The SMILES string of the molecule is C[C@@H]1CC[C@H]2[C@H](CCCc3cc(C(F)(F)F)cc(C(F)(F)F)c3)C(=O)O[C@@H]3O[C@@]4(C)CC[C@@H]1[C@]32OO4. The summed E-state index contributed by atoms with van der Waals surface area (Å²) >= 11 is 0. The van der Waals surface area contributed by atoms with Crippen LogP contribution in [-0.4, -0.2) is 23.6 Å². The molecule has 1 aromatic rings. The van der Waals surface area contributed by atoms with Crippen molar-refractivity contribution in [1.82, 2.24) is 0 Å². The molecule has 1 spiro atoms. The smallest absolute Gasteiger partial charge is 0.416 e. The first-order chi connectivity index (χ1) is 16.7. The van der Waals surface area contributed by atoms with Gasteiger partial charge in [0.2, 0.25) is 12.1 Å². The first-order valence-electron chi connectivity index (χ1n) is 12.3. The zero-order chi connectivity index (χ0) is 26.1. The Morgan fingerprint density at radius 3 is 2.25 bits per heavy atom. The maximum atomic E-state index is 13.2. The quantitative estimate of drug-likeness (QED) is 0.259. The molecule has 0 unspecified atom stereocenters. The van der Waals surface area contributed by atoms with Crippen LogP contribution in [-0.2, 0) is 42.8 Å². The number of fused-ring (bicyclic) bond motifs is 2. The predicted molar refractivity (Wildman–Crippen MR) is 112 cm³/mol. The van der Waals surface area contributed by atoms with Crippen LogP contribution in [0.3, 0.4) is 0 Å². The monoisotopic (exact) mass is 522 g/mol. The van der Waals surface area contributed by atoms with Gasteiger partial charge >= 0.3 is 18.3 Å². The molecule has 0 aromatic heterocycles. The molecule has 200 valence electrons. The molecule has 7 atom stereocenters. The van der Waals surface area contributed by atoms with Crippen LogP contribution >= 0.6 is 0 Å². The number of rotatable bonds is 4. The number of ether oxygens (including phenoxy) is 2. The summed E-state index contributed by atoms with van der Waals surface area (Å²) in [5.41, 5.74) is -3.76. The van der Waals surface area contributed by atoms with Crippen molar-refractivity contribution in [3.63, 3.8) is 0 Å². The average molecular weight is 522 g/mol. The van der Waals surface area contributed by atoms with E-state index in [9.17, 15) is 31.1 Å². The maximum absolute atomic E-state index is 13.2. The summed E-state index contributed by atoms with van der Waals surface area (Å²) in [5, 5.41) is 0. The number of halogens is 6. The van der Waals surface area contributed by atoms with Gasteiger partial charge in [0.1, 0.15) is 0 Å². The van der Waals surface area contributed by atoms with E-state index in [0.29, 0.717) is 12.8 Å². The molecule has 6 rings (SSSR count). The topological polar surface area (TPSA) is 54.0 Å². The summed E-state index contributed by atoms with van der Waals surface area (Å²) in [4.78, 5) is 24.7. The number of carbonyl (C=O) groups is 1. The molecular formula is C25H28F6O5. The van der Waals surface area contributed by atoms with Crippen LogP contribution in [0.1, 0.15) is 69.1 Å². The Morgan fingerprint density at radius 2 is 1.61 bits per heavy atom. The molecule has 5 nitrogen and oxygen atoms in total. The van der Waals surface area contributed by atoms with Crippen molar-refractivity contribution >= 4 is 5.97 Å². The largest absolute Gasteiger partial charge is 0.432 e. The van der Waals surface area contributed by atoms with Gasteiger partial charge in [-0.05, 0) is 75.1 Å². The second-order valence-electron chi connectivity index (χ2n) is 10.8. The van der Waals surface area contributed by atoms with E-state index < -0.39 is 53.0 Å². The van der Waals surface area contributed by atoms with E-state index in [4.69, 9.17) is 19.2 Å². The standard InChI is InChI=1S/C25H28F6O5/c1-13-6-7-19-17(20(32)33-21-23(19)18(13)8-9-22(2,34-21)35-36-23)5-3-4-14-10-15(24(26,27)28)12-16(11-14)25(29,30)31/h10-13,17-19,21H,3-9H2,1-2H3/t13-,17+,18+,19+,21-,22-,23-/m1/s1.